The molecule has 7 nitrogen and oxygen atoms in total. The van der Waals surface area contributed by atoms with Gasteiger partial charge < -0.3 is 20.9 Å². The number of aliphatic hydroxyl groups excluding tert-OH is 1. The summed E-state index contributed by atoms with van der Waals surface area (Å²) in [5.74, 6) is 1.31. The van der Waals surface area contributed by atoms with Crippen LogP contribution in [0, 0.1) is 6.92 Å². The van der Waals surface area contributed by atoms with Crippen LogP contribution in [-0.4, -0.2) is 40.0 Å². The molecule has 0 saturated carbocycles. The van der Waals surface area contributed by atoms with E-state index in [0.717, 1.165) is 43.1 Å². The van der Waals surface area contributed by atoms with E-state index in [0.29, 0.717) is 18.9 Å². The zero-order valence-corrected chi connectivity index (χ0v) is 16.0. The lowest BCUT2D eigenvalue weighted by Crippen LogP contribution is -2.19. The molecule has 0 spiro atoms. The van der Waals surface area contributed by atoms with Gasteiger partial charge in [-0.15, -0.1) is 11.3 Å². The lowest BCUT2D eigenvalue weighted by atomic mass is 10.1. The summed E-state index contributed by atoms with van der Waals surface area (Å²) >= 11 is 1.67. The van der Waals surface area contributed by atoms with Gasteiger partial charge in [0.1, 0.15) is 17.6 Å². The summed E-state index contributed by atoms with van der Waals surface area (Å²) in [6.45, 7) is 3.24. The third-order valence-corrected chi connectivity index (χ3v) is 5.66. The fourth-order valence-corrected chi connectivity index (χ4v) is 4.44. The molecule has 0 aliphatic rings. The van der Waals surface area contributed by atoms with Crippen molar-refractivity contribution in [2.45, 2.75) is 13.5 Å². The smallest absolute Gasteiger partial charge is 0.152 e. The molecule has 0 aliphatic heterocycles. The number of nitrogens with two attached hydrogens (primary N) is 1. The highest BCUT2D eigenvalue weighted by Crippen LogP contribution is 2.42. The minimum absolute atomic E-state index is 0.0861. The van der Waals surface area contributed by atoms with Crippen LogP contribution in [0.2, 0.25) is 0 Å². The van der Waals surface area contributed by atoms with Gasteiger partial charge in [-0.1, -0.05) is 6.07 Å². The maximum Gasteiger partial charge on any atom is 0.152 e. The van der Waals surface area contributed by atoms with E-state index in [1.165, 1.54) is 6.33 Å². The number of thiophene rings is 1. The van der Waals surface area contributed by atoms with E-state index in [1.54, 1.807) is 18.4 Å². The van der Waals surface area contributed by atoms with Crippen molar-refractivity contribution in [2.75, 3.05) is 26.0 Å². The second-order valence-electron chi connectivity index (χ2n) is 6.35. The Morgan fingerprint density at radius 3 is 2.93 bits per heavy atom. The molecule has 1 aromatic carbocycles. The number of fused-ring (bicyclic) bond motifs is 2. The fourth-order valence-electron chi connectivity index (χ4n) is 3.29. The number of nitrogens with one attached hydrogen (secondary N) is 1. The van der Waals surface area contributed by atoms with Crippen LogP contribution in [0.4, 0.5) is 5.82 Å². The molecule has 0 amide bonds. The van der Waals surface area contributed by atoms with E-state index in [2.05, 4.69) is 40.5 Å². The Kier molecular flexibility index (Phi) is 4.69. The third-order valence-electron chi connectivity index (χ3n) is 4.46. The van der Waals surface area contributed by atoms with Gasteiger partial charge in [0.2, 0.25) is 0 Å². The van der Waals surface area contributed by atoms with Crippen LogP contribution in [0.25, 0.3) is 26.0 Å². The highest BCUT2D eigenvalue weighted by molar-refractivity contribution is 7.22. The number of nitrogens with zero attached hydrogens (tertiary/aromatic N) is 3. The minimum Gasteiger partial charge on any atom is -0.495 e. The molecule has 27 heavy (non-hydrogen) atoms. The molecule has 3 aromatic heterocycles. The summed E-state index contributed by atoms with van der Waals surface area (Å²) in [7, 11) is 1.69. The van der Waals surface area contributed by atoms with Gasteiger partial charge >= 0.3 is 0 Å². The van der Waals surface area contributed by atoms with Crippen molar-refractivity contribution >= 4 is 32.8 Å². The highest BCUT2D eigenvalue weighted by Gasteiger charge is 2.18. The van der Waals surface area contributed by atoms with Gasteiger partial charge in [-0.05, 0) is 36.1 Å². The zero-order valence-electron chi connectivity index (χ0n) is 15.2. The van der Waals surface area contributed by atoms with Crippen LogP contribution in [0.15, 0.2) is 30.6 Å². The Labute approximate surface area is 160 Å². The van der Waals surface area contributed by atoms with E-state index in [4.69, 9.17) is 15.6 Å². The predicted molar refractivity (Wildman–Crippen MR) is 108 cm³/mol. The van der Waals surface area contributed by atoms with Crippen LogP contribution in [0.3, 0.4) is 0 Å². The van der Waals surface area contributed by atoms with Crippen LogP contribution >= 0.6 is 11.3 Å². The lowest BCUT2D eigenvalue weighted by Gasteiger charge is -2.03. The summed E-state index contributed by atoms with van der Waals surface area (Å²) < 4.78 is 8.48. The third kappa shape index (κ3) is 3.12. The van der Waals surface area contributed by atoms with Crippen molar-refractivity contribution in [3.8, 4) is 16.2 Å². The Bertz CT molecular complexity index is 1120. The molecule has 0 fully saturated rings. The number of rotatable bonds is 6. The van der Waals surface area contributed by atoms with Gasteiger partial charge in [0.15, 0.2) is 5.82 Å². The monoisotopic (exact) mass is 383 g/mol. The summed E-state index contributed by atoms with van der Waals surface area (Å²) in [5, 5.41) is 17.7. The van der Waals surface area contributed by atoms with Crippen molar-refractivity contribution in [2.24, 2.45) is 0 Å². The summed E-state index contributed by atoms with van der Waals surface area (Å²) in [6.07, 6.45) is 1.46. The quantitative estimate of drug-likeness (QED) is 0.443. The number of hydrogen-bond donors (Lipinski definition) is 3. The number of hydrogen-bond acceptors (Lipinski definition) is 7. The number of aromatic nitrogens is 3. The van der Waals surface area contributed by atoms with Crippen LogP contribution in [-0.2, 0) is 6.54 Å². The van der Waals surface area contributed by atoms with Gasteiger partial charge in [0, 0.05) is 23.5 Å². The van der Waals surface area contributed by atoms with Crippen molar-refractivity contribution in [1.82, 2.24) is 19.9 Å². The fraction of sp³-hybridized carbons (Fsp3) is 0.263. The number of aliphatic hydroxyl groups is 1. The maximum atomic E-state index is 9.01. The van der Waals surface area contributed by atoms with Crippen LogP contribution in [0.5, 0.6) is 5.75 Å². The van der Waals surface area contributed by atoms with E-state index in [1.807, 2.05) is 10.6 Å². The lowest BCUT2D eigenvalue weighted by molar-refractivity contribution is 0.291. The average Bonchev–Trinajstić information content (AvgIpc) is 3.23. The number of aryl methyl sites for hydroxylation is 1. The van der Waals surface area contributed by atoms with Gasteiger partial charge in [-0.2, -0.15) is 5.10 Å². The van der Waals surface area contributed by atoms with Crippen LogP contribution < -0.4 is 15.8 Å². The SMILES string of the molecule is COc1cc(C)cc2cc(-c3cc(CNCCO)n4ncnc(N)c34)sc12. The molecule has 0 atom stereocenters. The first-order chi connectivity index (χ1) is 13.1. The minimum atomic E-state index is 0.0861. The summed E-state index contributed by atoms with van der Waals surface area (Å²) in [5.41, 5.74) is 10.1. The maximum absolute atomic E-state index is 9.01. The summed E-state index contributed by atoms with van der Waals surface area (Å²) in [4.78, 5) is 5.25. The molecule has 4 aromatic rings. The first-order valence-corrected chi connectivity index (χ1v) is 9.45. The standard InChI is InChI=1S/C19H21N5O2S/c1-11-5-12-7-16(27-18(12)15(6-11)26-2)14-8-13(9-21-3-4-25)24-17(14)19(20)22-10-23-24/h5-8,10,21,25H,3-4,9H2,1-2H3,(H2,20,22,23). The van der Waals surface area contributed by atoms with Crippen molar-refractivity contribution in [1.29, 1.82) is 0 Å². The molecule has 4 N–H and O–H groups in total. The number of ether oxygens (including phenoxy) is 1. The van der Waals surface area contributed by atoms with Gasteiger partial charge in [-0.3, -0.25) is 0 Å². The molecule has 0 aliphatic carbocycles. The van der Waals surface area contributed by atoms with Crippen LogP contribution in [0.1, 0.15) is 11.3 Å². The first-order valence-electron chi connectivity index (χ1n) is 8.63. The summed E-state index contributed by atoms with van der Waals surface area (Å²) in [6, 6.07) is 8.43. The molecule has 0 saturated heterocycles. The van der Waals surface area contributed by atoms with Gasteiger partial charge in [-0.25, -0.2) is 9.50 Å². The second kappa shape index (κ2) is 7.15. The van der Waals surface area contributed by atoms with Crippen molar-refractivity contribution in [3.05, 3.63) is 41.9 Å². The topological polar surface area (TPSA) is 97.7 Å². The van der Waals surface area contributed by atoms with Gasteiger partial charge in [0.05, 0.1) is 24.1 Å². The molecule has 0 unspecified atom stereocenters. The molecule has 0 radical (unpaired) electrons. The van der Waals surface area contributed by atoms with Gasteiger partial charge in [0.25, 0.3) is 0 Å². The van der Waals surface area contributed by atoms with Crippen molar-refractivity contribution < 1.29 is 9.84 Å². The first kappa shape index (κ1) is 17.7. The zero-order chi connectivity index (χ0) is 19.0. The number of anilines is 1. The molecule has 4 rings (SSSR count). The van der Waals surface area contributed by atoms with E-state index in [9.17, 15) is 0 Å². The van der Waals surface area contributed by atoms with E-state index < -0.39 is 0 Å². The normalized spacial score (nSPS) is 11.5. The molecule has 0 bridgehead atoms. The largest absolute Gasteiger partial charge is 0.495 e. The molecular formula is C19H21N5O2S. The predicted octanol–water partition coefficient (Wildman–Crippen LogP) is 2.59. The molecule has 3 heterocycles. The Morgan fingerprint density at radius 2 is 2.15 bits per heavy atom. The Balaban J connectivity index is 1.89. The molecule has 8 heteroatoms. The van der Waals surface area contributed by atoms with E-state index >= 15 is 0 Å². The molecular weight excluding hydrogens is 362 g/mol. The highest BCUT2D eigenvalue weighted by atomic mass is 32.1. The van der Waals surface area contributed by atoms with E-state index in [-0.39, 0.29) is 6.61 Å². The Hall–Kier alpha value is -2.68. The second-order valence-corrected chi connectivity index (χ2v) is 7.40. The molecule has 140 valence electrons. The average molecular weight is 383 g/mol. The Morgan fingerprint density at radius 1 is 1.30 bits per heavy atom. The number of benzene rings is 1. The number of methoxy groups -OCH3 is 1. The number of nitrogen functional groups attached to an aromatic ring is 1. The van der Waals surface area contributed by atoms with Crippen molar-refractivity contribution in [3.63, 3.8) is 0 Å².